The molecule has 0 fully saturated rings. The first-order valence-electron chi connectivity index (χ1n) is 9.46. The average Bonchev–Trinajstić information content (AvgIpc) is 2.76. The number of hydrogen-bond donors (Lipinski definition) is 4. The molecule has 0 bridgehead atoms. The average molecular weight is 417 g/mol. The second kappa shape index (κ2) is 8.71. The quantitative estimate of drug-likeness (QED) is 0.280. The molecule has 2 aromatic heterocycles. The number of aromatic hydroxyl groups is 1. The third-order valence-corrected chi connectivity index (χ3v) is 4.60. The molecule has 4 aromatic rings. The molecule has 0 unspecified atom stereocenters. The lowest BCUT2D eigenvalue weighted by atomic mass is 10.0. The van der Waals surface area contributed by atoms with E-state index >= 15 is 0 Å². The molecular weight excluding hydrogens is 396 g/mol. The fourth-order valence-corrected chi connectivity index (χ4v) is 3.18. The Hall–Kier alpha value is -3.78. The van der Waals surface area contributed by atoms with Crippen molar-refractivity contribution in [2.45, 2.75) is 6.92 Å². The van der Waals surface area contributed by atoms with Crippen LogP contribution in [0.15, 0.2) is 66.9 Å². The number of phenols is 1. The Morgan fingerprint density at radius 2 is 1.77 bits per heavy atom. The Labute approximate surface area is 179 Å². The van der Waals surface area contributed by atoms with Crippen LogP contribution in [0.2, 0.25) is 0 Å². The number of hydrogen-bond acceptors (Lipinski definition) is 6. The van der Waals surface area contributed by atoms with E-state index in [2.05, 4.69) is 30.9 Å². The SMILES string of the molecule is CCNC(=S)Nc1ccc2ncc(Nc3cc(-c4ccccc4)ccc3O)nc2n1. The van der Waals surface area contributed by atoms with E-state index < -0.39 is 0 Å². The summed E-state index contributed by atoms with van der Waals surface area (Å²) in [5, 5.41) is 20.0. The van der Waals surface area contributed by atoms with Crippen molar-refractivity contribution in [1.82, 2.24) is 20.3 Å². The number of nitrogens with one attached hydrogen (secondary N) is 3. The first kappa shape index (κ1) is 19.5. The smallest absolute Gasteiger partial charge is 0.182 e. The summed E-state index contributed by atoms with van der Waals surface area (Å²) in [6.45, 7) is 2.69. The molecule has 7 nitrogen and oxygen atoms in total. The fourth-order valence-electron chi connectivity index (χ4n) is 2.93. The van der Waals surface area contributed by atoms with E-state index in [9.17, 15) is 5.11 Å². The molecule has 0 aliphatic heterocycles. The van der Waals surface area contributed by atoms with Crippen molar-refractivity contribution in [3.8, 4) is 16.9 Å². The number of pyridine rings is 1. The summed E-state index contributed by atoms with van der Waals surface area (Å²) in [6.07, 6.45) is 1.61. The molecule has 2 heterocycles. The van der Waals surface area contributed by atoms with Crippen LogP contribution < -0.4 is 16.0 Å². The van der Waals surface area contributed by atoms with Crippen molar-refractivity contribution in [2.75, 3.05) is 17.2 Å². The summed E-state index contributed by atoms with van der Waals surface area (Å²) in [6, 6.07) is 19.0. The summed E-state index contributed by atoms with van der Waals surface area (Å²) >= 11 is 5.20. The Balaban J connectivity index is 1.61. The van der Waals surface area contributed by atoms with E-state index in [-0.39, 0.29) is 5.75 Å². The van der Waals surface area contributed by atoms with Gasteiger partial charge in [-0.25, -0.2) is 15.0 Å². The number of aromatic nitrogens is 3. The van der Waals surface area contributed by atoms with Gasteiger partial charge < -0.3 is 21.1 Å². The largest absolute Gasteiger partial charge is 0.506 e. The van der Waals surface area contributed by atoms with E-state index in [1.165, 1.54) is 0 Å². The minimum Gasteiger partial charge on any atom is -0.506 e. The predicted octanol–water partition coefficient (Wildman–Crippen LogP) is 4.45. The van der Waals surface area contributed by atoms with Crippen LogP contribution in [0, 0.1) is 0 Å². The van der Waals surface area contributed by atoms with Crippen LogP contribution in [0.5, 0.6) is 5.75 Å². The highest BCUT2D eigenvalue weighted by atomic mass is 32.1. The maximum atomic E-state index is 10.3. The molecule has 8 heteroatoms. The second-order valence-corrected chi connectivity index (χ2v) is 6.91. The van der Waals surface area contributed by atoms with Gasteiger partial charge in [0.25, 0.3) is 0 Å². The van der Waals surface area contributed by atoms with Gasteiger partial charge in [-0.1, -0.05) is 36.4 Å². The lowest BCUT2D eigenvalue weighted by molar-refractivity contribution is 0.478. The molecular formula is C22H20N6OS. The van der Waals surface area contributed by atoms with Gasteiger partial charge in [0.1, 0.15) is 17.1 Å². The minimum absolute atomic E-state index is 0.121. The van der Waals surface area contributed by atoms with E-state index in [0.717, 1.165) is 17.7 Å². The van der Waals surface area contributed by atoms with Crippen LogP contribution in [0.1, 0.15) is 6.92 Å². The Kier molecular flexibility index (Phi) is 5.67. The Morgan fingerprint density at radius 1 is 0.967 bits per heavy atom. The monoisotopic (exact) mass is 416 g/mol. The molecule has 0 amide bonds. The molecule has 30 heavy (non-hydrogen) atoms. The summed E-state index contributed by atoms with van der Waals surface area (Å²) in [4.78, 5) is 13.4. The fraction of sp³-hybridized carbons (Fsp3) is 0.0909. The summed E-state index contributed by atoms with van der Waals surface area (Å²) in [5.41, 5.74) is 3.68. The van der Waals surface area contributed by atoms with E-state index in [0.29, 0.717) is 33.6 Å². The van der Waals surface area contributed by atoms with Crippen LogP contribution in [0.3, 0.4) is 0 Å². The molecule has 0 atom stereocenters. The van der Waals surface area contributed by atoms with Crippen LogP contribution >= 0.6 is 12.2 Å². The number of phenolic OH excluding ortho intramolecular Hbond substituents is 1. The van der Waals surface area contributed by atoms with Gasteiger partial charge >= 0.3 is 0 Å². The molecule has 0 saturated carbocycles. The zero-order chi connectivity index (χ0) is 20.9. The van der Waals surface area contributed by atoms with Crippen LogP contribution in [-0.4, -0.2) is 31.7 Å². The highest BCUT2D eigenvalue weighted by molar-refractivity contribution is 7.80. The van der Waals surface area contributed by atoms with Gasteiger partial charge in [-0.2, -0.15) is 0 Å². The van der Waals surface area contributed by atoms with Crippen LogP contribution in [0.4, 0.5) is 17.3 Å². The van der Waals surface area contributed by atoms with Gasteiger partial charge in [0.2, 0.25) is 0 Å². The zero-order valence-corrected chi connectivity index (χ0v) is 17.1. The number of benzene rings is 2. The third kappa shape index (κ3) is 4.44. The van der Waals surface area contributed by atoms with Gasteiger partial charge in [-0.3, -0.25) is 0 Å². The minimum atomic E-state index is 0.121. The topological polar surface area (TPSA) is 95.0 Å². The van der Waals surface area contributed by atoms with Crippen molar-refractivity contribution in [2.24, 2.45) is 0 Å². The number of rotatable bonds is 5. The number of thiocarbonyl (C=S) groups is 1. The van der Waals surface area contributed by atoms with Crippen molar-refractivity contribution in [3.63, 3.8) is 0 Å². The maximum absolute atomic E-state index is 10.3. The highest BCUT2D eigenvalue weighted by Crippen LogP contribution is 2.31. The van der Waals surface area contributed by atoms with Gasteiger partial charge in [0.15, 0.2) is 16.6 Å². The van der Waals surface area contributed by atoms with Crippen molar-refractivity contribution < 1.29 is 5.11 Å². The molecule has 0 saturated heterocycles. The van der Waals surface area contributed by atoms with Crippen LogP contribution in [0.25, 0.3) is 22.3 Å². The molecule has 4 rings (SSSR count). The number of fused-ring (bicyclic) bond motifs is 1. The summed E-state index contributed by atoms with van der Waals surface area (Å²) in [7, 11) is 0. The zero-order valence-electron chi connectivity index (χ0n) is 16.3. The van der Waals surface area contributed by atoms with Gasteiger partial charge in [-0.05, 0) is 54.5 Å². The molecule has 0 aliphatic rings. The maximum Gasteiger partial charge on any atom is 0.182 e. The first-order valence-corrected chi connectivity index (χ1v) is 9.87. The Morgan fingerprint density at radius 3 is 2.57 bits per heavy atom. The molecule has 4 N–H and O–H groups in total. The van der Waals surface area contributed by atoms with Crippen molar-refractivity contribution in [3.05, 3.63) is 66.9 Å². The summed E-state index contributed by atoms with van der Waals surface area (Å²) < 4.78 is 0. The normalized spacial score (nSPS) is 10.6. The van der Waals surface area contributed by atoms with E-state index in [1.807, 2.05) is 55.5 Å². The van der Waals surface area contributed by atoms with Crippen molar-refractivity contribution in [1.29, 1.82) is 0 Å². The van der Waals surface area contributed by atoms with Gasteiger partial charge in [0, 0.05) is 6.54 Å². The Bertz CT molecular complexity index is 1200. The molecule has 2 aromatic carbocycles. The third-order valence-electron chi connectivity index (χ3n) is 4.35. The number of anilines is 3. The standard InChI is InChI=1S/C22H20N6OS/c1-2-23-22(30)28-19-11-9-16-21(26-19)27-20(13-24-16)25-17-12-15(8-10-18(17)29)14-6-4-3-5-7-14/h3-13,29H,2H2,1H3,(H3,23,25,26,27,28,30). The lowest BCUT2D eigenvalue weighted by Gasteiger charge is -2.11. The van der Waals surface area contributed by atoms with Gasteiger partial charge in [-0.15, -0.1) is 0 Å². The summed E-state index contributed by atoms with van der Waals surface area (Å²) in [5.74, 6) is 1.17. The lowest BCUT2D eigenvalue weighted by Crippen LogP contribution is -2.28. The molecule has 0 aliphatic carbocycles. The van der Waals surface area contributed by atoms with E-state index in [4.69, 9.17) is 12.2 Å². The van der Waals surface area contributed by atoms with E-state index in [1.54, 1.807) is 18.3 Å². The molecule has 0 spiro atoms. The first-order chi connectivity index (χ1) is 14.6. The van der Waals surface area contributed by atoms with Gasteiger partial charge in [0.05, 0.1) is 11.9 Å². The predicted molar refractivity (Wildman–Crippen MR) is 124 cm³/mol. The number of nitrogens with zero attached hydrogens (tertiary/aromatic N) is 3. The highest BCUT2D eigenvalue weighted by Gasteiger charge is 2.08. The second-order valence-electron chi connectivity index (χ2n) is 6.50. The van der Waals surface area contributed by atoms with Crippen molar-refractivity contribution >= 4 is 45.8 Å². The van der Waals surface area contributed by atoms with Crippen LogP contribution in [-0.2, 0) is 0 Å². The molecule has 0 radical (unpaired) electrons. The molecule has 150 valence electrons.